The SMILES string of the molecule is O=C(O)c1cccc(-c2ccc(CNC(=O)c3cccnc3Oc3ccc4c(c3)OCO4)c(F)c2)c1. The second-order valence-electron chi connectivity index (χ2n) is 7.85. The fraction of sp³-hybridized carbons (Fsp3) is 0.0741. The summed E-state index contributed by atoms with van der Waals surface area (Å²) < 4.78 is 31.2. The molecule has 9 heteroatoms. The van der Waals surface area contributed by atoms with Crippen LogP contribution >= 0.6 is 0 Å². The van der Waals surface area contributed by atoms with Gasteiger partial charge in [-0.1, -0.05) is 24.3 Å². The highest BCUT2D eigenvalue weighted by Gasteiger charge is 2.18. The maximum absolute atomic E-state index is 14.8. The molecule has 0 spiro atoms. The molecule has 1 aliphatic rings. The van der Waals surface area contributed by atoms with Crippen molar-refractivity contribution in [3.63, 3.8) is 0 Å². The van der Waals surface area contributed by atoms with E-state index < -0.39 is 17.7 Å². The maximum atomic E-state index is 14.8. The summed E-state index contributed by atoms with van der Waals surface area (Å²) in [6.07, 6.45) is 1.50. The van der Waals surface area contributed by atoms with Crippen LogP contribution in [0.1, 0.15) is 26.3 Å². The number of halogens is 1. The number of hydrogen-bond donors (Lipinski definition) is 2. The number of carbonyl (C=O) groups is 2. The van der Waals surface area contributed by atoms with Gasteiger partial charge in [0.25, 0.3) is 5.91 Å². The second kappa shape index (κ2) is 9.75. The van der Waals surface area contributed by atoms with E-state index in [4.69, 9.17) is 14.2 Å². The molecule has 0 fully saturated rings. The number of carboxylic acids is 1. The fourth-order valence-electron chi connectivity index (χ4n) is 3.67. The van der Waals surface area contributed by atoms with Crippen LogP contribution in [0.15, 0.2) is 79.0 Å². The summed E-state index contributed by atoms with van der Waals surface area (Å²) >= 11 is 0. The molecular formula is C27H19FN2O6. The summed E-state index contributed by atoms with van der Waals surface area (Å²) in [5.74, 6) is -0.447. The number of carbonyl (C=O) groups excluding carboxylic acids is 1. The van der Waals surface area contributed by atoms with Crippen LogP contribution in [-0.2, 0) is 6.54 Å². The van der Waals surface area contributed by atoms with E-state index in [9.17, 15) is 19.1 Å². The Kier molecular flexibility index (Phi) is 6.19. The van der Waals surface area contributed by atoms with Gasteiger partial charge in [-0.25, -0.2) is 14.2 Å². The first kappa shape index (κ1) is 22.9. The topological polar surface area (TPSA) is 107 Å². The van der Waals surface area contributed by atoms with Crippen LogP contribution in [0.4, 0.5) is 4.39 Å². The molecule has 1 aromatic heterocycles. The van der Waals surface area contributed by atoms with Gasteiger partial charge in [-0.05, 0) is 53.6 Å². The van der Waals surface area contributed by atoms with Crippen molar-refractivity contribution in [1.82, 2.24) is 10.3 Å². The number of rotatable bonds is 7. The van der Waals surface area contributed by atoms with Gasteiger partial charge >= 0.3 is 5.97 Å². The van der Waals surface area contributed by atoms with Crippen molar-refractivity contribution < 1.29 is 33.3 Å². The summed E-state index contributed by atoms with van der Waals surface area (Å²) in [6, 6.07) is 18.9. The summed E-state index contributed by atoms with van der Waals surface area (Å²) in [5, 5.41) is 11.9. The number of benzene rings is 3. The third kappa shape index (κ3) is 4.80. The van der Waals surface area contributed by atoms with Crippen LogP contribution < -0.4 is 19.5 Å². The number of amides is 1. The molecule has 0 aliphatic carbocycles. The molecule has 0 atom stereocenters. The Hall–Kier alpha value is -4.92. The minimum Gasteiger partial charge on any atom is -0.478 e. The van der Waals surface area contributed by atoms with Crippen LogP contribution in [0.3, 0.4) is 0 Å². The van der Waals surface area contributed by atoms with Crippen molar-refractivity contribution in [2.24, 2.45) is 0 Å². The molecule has 36 heavy (non-hydrogen) atoms. The Morgan fingerprint density at radius 3 is 2.64 bits per heavy atom. The minimum absolute atomic E-state index is 0.0710. The van der Waals surface area contributed by atoms with Crippen molar-refractivity contribution in [3.05, 3.63) is 102 Å². The molecule has 1 aliphatic heterocycles. The molecule has 5 rings (SSSR count). The number of hydrogen-bond acceptors (Lipinski definition) is 6. The third-order valence-electron chi connectivity index (χ3n) is 5.51. The van der Waals surface area contributed by atoms with Crippen molar-refractivity contribution in [2.45, 2.75) is 6.54 Å². The molecule has 0 saturated carbocycles. The molecule has 180 valence electrons. The minimum atomic E-state index is -1.06. The molecule has 2 N–H and O–H groups in total. The number of aromatic nitrogens is 1. The van der Waals surface area contributed by atoms with Crippen molar-refractivity contribution >= 4 is 11.9 Å². The number of nitrogens with zero attached hydrogens (tertiary/aromatic N) is 1. The lowest BCUT2D eigenvalue weighted by Gasteiger charge is -2.12. The van der Waals surface area contributed by atoms with Crippen LogP contribution in [0, 0.1) is 5.82 Å². The third-order valence-corrected chi connectivity index (χ3v) is 5.51. The van der Waals surface area contributed by atoms with Gasteiger partial charge in [0.05, 0.1) is 5.56 Å². The standard InChI is InChI=1S/C27H19FN2O6/c28-22-12-17(16-3-1-4-18(11-16)27(32)33)6-7-19(22)14-30-25(31)21-5-2-10-29-26(21)36-20-8-9-23-24(13-20)35-15-34-23/h1-13H,14-15H2,(H,30,31)(H,32,33). The Morgan fingerprint density at radius 1 is 0.972 bits per heavy atom. The average Bonchev–Trinajstić information content (AvgIpc) is 3.36. The highest BCUT2D eigenvalue weighted by Crippen LogP contribution is 2.36. The zero-order valence-corrected chi connectivity index (χ0v) is 18.7. The maximum Gasteiger partial charge on any atom is 0.335 e. The number of pyridine rings is 1. The number of carboxylic acid groups (broad SMARTS) is 1. The first-order chi connectivity index (χ1) is 17.5. The van der Waals surface area contributed by atoms with E-state index in [0.717, 1.165) is 0 Å². The van der Waals surface area contributed by atoms with E-state index in [1.807, 2.05) is 0 Å². The van der Waals surface area contributed by atoms with E-state index in [1.165, 1.54) is 24.4 Å². The van der Waals surface area contributed by atoms with Gasteiger partial charge in [-0.15, -0.1) is 0 Å². The Bertz CT molecular complexity index is 1470. The van der Waals surface area contributed by atoms with Gasteiger partial charge in [0.1, 0.15) is 17.1 Å². The number of ether oxygens (including phenoxy) is 3. The Morgan fingerprint density at radius 2 is 1.81 bits per heavy atom. The van der Waals surface area contributed by atoms with Crippen LogP contribution in [-0.4, -0.2) is 28.8 Å². The zero-order valence-electron chi connectivity index (χ0n) is 18.7. The van der Waals surface area contributed by atoms with Gasteiger partial charge in [0.15, 0.2) is 11.5 Å². The Labute approximate surface area is 204 Å². The molecule has 3 aromatic carbocycles. The molecule has 0 unspecified atom stereocenters. The highest BCUT2D eigenvalue weighted by atomic mass is 19.1. The fourth-order valence-corrected chi connectivity index (χ4v) is 3.67. The molecule has 0 saturated heterocycles. The molecule has 1 amide bonds. The monoisotopic (exact) mass is 486 g/mol. The summed E-state index contributed by atoms with van der Waals surface area (Å²) in [4.78, 5) is 28.2. The lowest BCUT2D eigenvalue weighted by Crippen LogP contribution is -2.24. The Balaban J connectivity index is 1.29. The number of aromatic carboxylic acids is 1. The molecule has 2 heterocycles. The van der Waals surface area contributed by atoms with E-state index in [1.54, 1.807) is 54.6 Å². The van der Waals surface area contributed by atoms with Crippen molar-refractivity contribution in [1.29, 1.82) is 0 Å². The zero-order chi connectivity index (χ0) is 25.1. The lowest BCUT2D eigenvalue weighted by atomic mass is 10.0. The normalized spacial score (nSPS) is 11.7. The van der Waals surface area contributed by atoms with Gasteiger partial charge in [-0.3, -0.25) is 4.79 Å². The quantitative estimate of drug-likeness (QED) is 0.377. The molecule has 0 bridgehead atoms. The van der Waals surface area contributed by atoms with Crippen molar-refractivity contribution in [2.75, 3.05) is 6.79 Å². The highest BCUT2D eigenvalue weighted by molar-refractivity contribution is 5.96. The van der Waals surface area contributed by atoms with E-state index in [2.05, 4.69) is 10.3 Å². The van der Waals surface area contributed by atoms with Gasteiger partial charge < -0.3 is 24.6 Å². The first-order valence-corrected chi connectivity index (χ1v) is 10.9. The van der Waals surface area contributed by atoms with Gasteiger partial charge in [-0.2, -0.15) is 0 Å². The lowest BCUT2D eigenvalue weighted by molar-refractivity contribution is 0.0696. The smallest absolute Gasteiger partial charge is 0.335 e. The van der Waals surface area contributed by atoms with E-state index >= 15 is 0 Å². The largest absolute Gasteiger partial charge is 0.478 e. The van der Waals surface area contributed by atoms with Crippen LogP contribution in [0.5, 0.6) is 23.1 Å². The van der Waals surface area contributed by atoms with Crippen LogP contribution in [0.2, 0.25) is 0 Å². The van der Waals surface area contributed by atoms with E-state index in [0.29, 0.717) is 28.4 Å². The summed E-state index contributed by atoms with van der Waals surface area (Å²) in [5.41, 5.74) is 1.66. The summed E-state index contributed by atoms with van der Waals surface area (Å²) in [6.45, 7) is 0.0563. The van der Waals surface area contributed by atoms with Crippen LogP contribution in [0.25, 0.3) is 11.1 Å². The molecule has 4 aromatic rings. The predicted octanol–water partition coefficient (Wildman–Crippen LogP) is 5.04. The molecule has 0 radical (unpaired) electrons. The molecular weight excluding hydrogens is 467 g/mol. The second-order valence-corrected chi connectivity index (χ2v) is 7.85. The first-order valence-electron chi connectivity index (χ1n) is 10.9. The van der Waals surface area contributed by atoms with Gasteiger partial charge in [0.2, 0.25) is 12.7 Å². The number of nitrogens with one attached hydrogen (secondary N) is 1. The predicted molar refractivity (Wildman–Crippen MR) is 127 cm³/mol. The number of fused-ring (bicyclic) bond motifs is 1. The molecule has 8 nitrogen and oxygen atoms in total. The van der Waals surface area contributed by atoms with Gasteiger partial charge in [0, 0.05) is 24.4 Å². The van der Waals surface area contributed by atoms with E-state index in [-0.39, 0.29) is 35.9 Å². The average molecular weight is 486 g/mol. The summed E-state index contributed by atoms with van der Waals surface area (Å²) in [7, 11) is 0. The van der Waals surface area contributed by atoms with Crippen molar-refractivity contribution in [3.8, 4) is 34.3 Å².